The topological polar surface area (TPSA) is 51.7 Å². The number of carbonyl (C=O) groups excluding carboxylic acids is 1. The van der Waals surface area contributed by atoms with Crippen molar-refractivity contribution in [2.75, 3.05) is 26.3 Å². The minimum atomic E-state index is -4.42. The van der Waals surface area contributed by atoms with Gasteiger partial charge in [0.05, 0.1) is 18.3 Å². The van der Waals surface area contributed by atoms with Crippen LogP contribution >= 0.6 is 0 Å². The number of morpholine rings is 1. The van der Waals surface area contributed by atoms with E-state index >= 15 is 0 Å². The molecular formula is C13H15F3N2O3. The van der Waals surface area contributed by atoms with Crippen LogP contribution in [-0.4, -0.2) is 54.4 Å². The van der Waals surface area contributed by atoms with E-state index in [4.69, 9.17) is 4.74 Å². The number of carbonyl (C=O) groups is 1. The van der Waals surface area contributed by atoms with Gasteiger partial charge >= 0.3 is 6.18 Å². The molecular weight excluding hydrogens is 289 g/mol. The summed E-state index contributed by atoms with van der Waals surface area (Å²) >= 11 is 0. The van der Waals surface area contributed by atoms with Crippen LogP contribution in [0.5, 0.6) is 5.88 Å². The van der Waals surface area contributed by atoms with Crippen molar-refractivity contribution in [3.8, 4) is 5.88 Å². The monoisotopic (exact) mass is 304 g/mol. The van der Waals surface area contributed by atoms with Gasteiger partial charge in [-0.2, -0.15) is 13.2 Å². The normalized spacial score (nSPS) is 19.4. The lowest BCUT2D eigenvalue weighted by Crippen LogP contribution is -2.44. The van der Waals surface area contributed by atoms with Crippen LogP contribution in [-0.2, 0) is 4.74 Å². The number of alkyl halides is 3. The molecule has 0 spiro atoms. The number of pyridine rings is 1. The molecule has 5 nitrogen and oxygen atoms in total. The van der Waals surface area contributed by atoms with Gasteiger partial charge < -0.3 is 14.4 Å². The molecule has 0 radical (unpaired) electrons. The van der Waals surface area contributed by atoms with E-state index in [1.165, 1.54) is 18.3 Å². The van der Waals surface area contributed by atoms with Crippen molar-refractivity contribution in [1.29, 1.82) is 0 Å². The average Bonchev–Trinajstić information content (AvgIpc) is 2.44. The Bertz CT molecular complexity index is 490. The maximum absolute atomic E-state index is 12.2. The zero-order chi connectivity index (χ0) is 15.5. The van der Waals surface area contributed by atoms with Crippen LogP contribution in [0.3, 0.4) is 0 Å². The third kappa shape index (κ3) is 4.59. The van der Waals surface area contributed by atoms with Gasteiger partial charge in [-0.3, -0.25) is 4.79 Å². The maximum atomic E-state index is 12.2. The highest BCUT2D eigenvalue weighted by Crippen LogP contribution is 2.17. The first-order chi connectivity index (χ1) is 9.85. The van der Waals surface area contributed by atoms with Gasteiger partial charge in [0.1, 0.15) is 0 Å². The number of aromatic nitrogens is 1. The van der Waals surface area contributed by atoms with Gasteiger partial charge in [-0.15, -0.1) is 0 Å². The highest BCUT2D eigenvalue weighted by atomic mass is 19.4. The number of ether oxygens (including phenoxy) is 2. The number of amides is 1. The highest BCUT2D eigenvalue weighted by Gasteiger charge is 2.28. The smallest absolute Gasteiger partial charge is 0.422 e. The SMILES string of the molecule is CC1CN(C(=O)c2ccc(OCC(F)(F)F)nc2)CCO1. The van der Waals surface area contributed by atoms with Gasteiger partial charge in [0.15, 0.2) is 6.61 Å². The Balaban J connectivity index is 1.96. The molecule has 0 saturated carbocycles. The second-order valence-electron chi connectivity index (χ2n) is 4.72. The molecule has 0 aromatic carbocycles. The van der Waals surface area contributed by atoms with Crippen LogP contribution in [0.1, 0.15) is 17.3 Å². The molecule has 116 valence electrons. The zero-order valence-corrected chi connectivity index (χ0v) is 11.4. The Labute approximate surface area is 119 Å². The molecule has 1 aliphatic heterocycles. The molecule has 1 unspecified atom stereocenters. The van der Waals surface area contributed by atoms with Crippen LogP contribution in [0.25, 0.3) is 0 Å². The third-order valence-corrected chi connectivity index (χ3v) is 2.90. The average molecular weight is 304 g/mol. The van der Waals surface area contributed by atoms with Gasteiger partial charge in [-0.1, -0.05) is 0 Å². The van der Waals surface area contributed by atoms with Crippen molar-refractivity contribution in [2.24, 2.45) is 0 Å². The Kier molecular flexibility index (Phi) is 4.66. The van der Waals surface area contributed by atoms with Crippen molar-refractivity contribution in [1.82, 2.24) is 9.88 Å². The maximum Gasteiger partial charge on any atom is 0.422 e. The molecule has 1 aromatic rings. The zero-order valence-electron chi connectivity index (χ0n) is 11.4. The van der Waals surface area contributed by atoms with E-state index < -0.39 is 12.8 Å². The molecule has 1 saturated heterocycles. The first kappa shape index (κ1) is 15.6. The van der Waals surface area contributed by atoms with Crippen LogP contribution < -0.4 is 4.74 Å². The second-order valence-corrected chi connectivity index (χ2v) is 4.72. The Hall–Kier alpha value is -1.83. The summed E-state index contributed by atoms with van der Waals surface area (Å²) in [4.78, 5) is 17.5. The molecule has 0 bridgehead atoms. The van der Waals surface area contributed by atoms with E-state index in [-0.39, 0.29) is 17.9 Å². The predicted octanol–water partition coefficient (Wildman–Crippen LogP) is 1.88. The van der Waals surface area contributed by atoms with E-state index in [2.05, 4.69) is 9.72 Å². The Morgan fingerprint density at radius 1 is 1.52 bits per heavy atom. The molecule has 0 N–H and O–H groups in total. The van der Waals surface area contributed by atoms with Gasteiger partial charge in [0.25, 0.3) is 5.91 Å². The van der Waals surface area contributed by atoms with E-state index in [0.29, 0.717) is 25.3 Å². The molecule has 2 heterocycles. The molecule has 1 amide bonds. The number of nitrogens with zero attached hydrogens (tertiary/aromatic N) is 2. The molecule has 0 aliphatic carbocycles. The van der Waals surface area contributed by atoms with Crippen LogP contribution in [0.4, 0.5) is 13.2 Å². The largest absolute Gasteiger partial charge is 0.468 e. The summed E-state index contributed by atoms with van der Waals surface area (Å²) in [6, 6.07) is 2.66. The first-order valence-corrected chi connectivity index (χ1v) is 6.41. The number of rotatable bonds is 3. The van der Waals surface area contributed by atoms with Gasteiger partial charge in [-0.05, 0) is 13.0 Å². The van der Waals surface area contributed by atoms with Crippen molar-refractivity contribution < 1.29 is 27.4 Å². The summed E-state index contributed by atoms with van der Waals surface area (Å²) in [5, 5.41) is 0. The molecule has 1 fully saturated rings. The van der Waals surface area contributed by atoms with Gasteiger partial charge in [-0.25, -0.2) is 4.98 Å². The van der Waals surface area contributed by atoms with E-state index in [0.717, 1.165) is 0 Å². The van der Waals surface area contributed by atoms with E-state index in [1.807, 2.05) is 6.92 Å². The fourth-order valence-electron chi connectivity index (χ4n) is 1.93. The quantitative estimate of drug-likeness (QED) is 0.855. The molecule has 2 rings (SSSR count). The van der Waals surface area contributed by atoms with Crippen molar-refractivity contribution in [3.63, 3.8) is 0 Å². The van der Waals surface area contributed by atoms with E-state index in [9.17, 15) is 18.0 Å². The molecule has 1 aromatic heterocycles. The number of hydrogen-bond donors (Lipinski definition) is 0. The lowest BCUT2D eigenvalue weighted by atomic mass is 10.2. The summed E-state index contributed by atoms with van der Waals surface area (Å²) < 4.78 is 45.8. The molecule has 1 atom stereocenters. The molecule has 8 heteroatoms. The van der Waals surface area contributed by atoms with Gasteiger partial charge in [0, 0.05) is 25.4 Å². The Morgan fingerprint density at radius 2 is 2.29 bits per heavy atom. The summed E-state index contributed by atoms with van der Waals surface area (Å²) in [7, 11) is 0. The van der Waals surface area contributed by atoms with Crippen LogP contribution in [0.2, 0.25) is 0 Å². The molecule has 1 aliphatic rings. The minimum Gasteiger partial charge on any atom is -0.468 e. The number of hydrogen-bond acceptors (Lipinski definition) is 4. The number of halogens is 3. The first-order valence-electron chi connectivity index (χ1n) is 6.41. The summed E-state index contributed by atoms with van der Waals surface area (Å²) in [6.45, 7) is 1.88. The predicted molar refractivity (Wildman–Crippen MR) is 67.1 cm³/mol. The third-order valence-electron chi connectivity index (χ3n) is 2.90. The highest BCUT2D eigenvalue weighted by molar-refractivity contribution is 5.94. The van der Waals surface area contributed by atoms with Crippen molar-refractivity contribution in [2.45, 2.75) is 19.2 Å². The minimum absolute atomic E-state index is 0.0370. The fourth-order valence-corrected chi connectivity index (χ4v) is 1.93. The fraction of sp³-hybridized carbons (Fsp3) is 0.538. The lowest BCUT2D eigenvalue weighted by Gasteiger charge is -2.31. The van der Waals surface area contributed by atoms with E-state index in [1.54, 1.807) is 4.90 Å². The van der Waals surface area contributed by atoms with Crippen LogP contribution in [0.15, 0.2) is 18.3 Å². The molecule has 21 heavy (non-hydrogen) atoms. The summed E-state index contributed by atoms with van der Waals surface area (Å²) in [5.74, 6) is -0.390. The van der Waals surface area contributed by atoms with Crippen molar-refractivity contribution in [3.05, 3.63) is 23.9 Å². The summed E-state index contributed by atoms with van der Waals surface area (Å²) in [6.07, 6.45) is -3.24. The summed E-state index contributed by atoms with van der Waals surface area (Å²) in [5.41, 5.74) is 0.309. The van der Waals surface area contributed by atoms with Gasteiger partial charge in [0.2, 0.25) is 5.88 Å². The standard InChI is InChI=1S/C13H15F3N2O3/c1-9-7-18(4-5-20-9)12(19)10-2-3-11(17-6-10)21-8-13(14,15)16/h2-3,6,9H,4-5,7-8H2,1H3. The lowest BCUT2D eigenvalue weighted by molar-refractivity contribution is -0.154. The van der Waals surface area contributed by atoms with Crippen LogP contribution in [0, 0.1) is 0 Å². The second kappa shape index (κ2) is 6.30. The Morgan fingerprint density at radius 3 is 2.86 bits per heavy atom. The van der Waals surface area contributed by atoms with Crippen molar-refractivity contribution >= 4 is 5.91 Å².